The van der Waals surface area contributed by atoms with E-state index in [-0.39, 0.29) is 31.1 Å². The van der Waals surface area contributed by atoms with Crippen molar-refractivity contribution in [1.82, 2.24) is 0 Å². The molecule has 1 atom stereocenters. The maximum absolute atomic E-state index is 12.9. The Balaban J connectivity index is 3.95. The van der Waals surface area contributed by atoms with E-state index < -0.39 is 6.10 Å². The van der Waals surface area contributed by atoms with Crippen LogP contribution in [0.3, 0.4) is 0 Å². The van der Waals surface area contributed by atoms with E-state index >= 15 is 0 Å². The molecule has 0 aliphatic carbocycles. The zero-order chi connectivity index (χ0) is 55.0. The van der Waals surface area contributed by atoms with Crippen LogP contribution in [0, 0.1) is 0 Å². The normalized spacial score (nSPS) is 11.9. The fourth-order valence-electron chi connectivity index (χ4n) is 11.1. The van der Waals surface area contributed by atoms with E-state index in [1.165, 1.54) is 315 Å². The summed E-state index contributed by atoms with van der Waals surface area (Å²) in [5.74, 6) is -0.829. The number of unbranched alkanes of at least 4 members (excludes halogenated alkanes) is 55. The Kier molecular flexibility index (Phi) is 64.5. The minimum atomic E-state index is -0.761. The standard InChI is InChI=1S/C70H136O6/c1-4-7-10-13-16-19-22-24-25-26-27-28-29-30-31-32-33-34-35-36-37-38-39-40-41-42-43-44-46-48-51-54-57-60-63-69(72)75-66-67(65-74-68(71)62-59-56-53-50-47-21-18-15-12-9-6-3)76-70(73)64-61-58-55-52-49-45-23-20-17-14-11-8-5-2/h67H,4-66H2,1-3H3. The van der Waals surface area contributed by atoms with Crippen LogP contribution in [0.5, 0.6) is 0 Å². The third kappa shape index (κ3) is 63.2. The molecule has 6 nitrogen and oxygen atoms in total. The summed E-state index contributed by atoms with van der Waals surface area (Å²) in [4.78, 5) is 38.2. The first kappa shape index (κ1) is 74.4. The fourth-order valence-corrected chi connectivity index (χ4v) is 11.1. The molecule has 0 fully saturated rings. The third-order valence-electron chi connectivity index (χ3n) is 16.4. The summed E-state index contributed by atoms with van der Waals surface area (Å²) in [5, 5.41) is 0. The molecule has 76 heavy (non-hydrogen) atoms. The van der Waals surface area contributed by atoms with Gasteiger partial charge in [0.05, 0.1) is 0 Å². The van der Waals surface area contributed by atoms with E-state index in [1.807, 2.05) is 0 Å². The molecule has 0 aromatic carbocycles. The summed E-state index contributed by atoms with van der Waals surface area (Å²) in [6.07, 6.45) is 77.3. The van der Waals surface area contributed by atoms with Crippen molar-refractivity contribution in [2.75, 3.05) is 13.2 Å². The first-order chi connectivity index (χ1) is 37.5. The van der Waals surface area contributed by atoms with Crippen LogP contribution < -0.4 is 0 Å². The molecule has 0 rings (SSSR count). The molecule has 0 bridgehead atoms. The third-order valence-corrected chi connectivity index (χ3v) is 16.4. The van der Waals surface area contributed by atoms with Crippen LogP contribution in [0.1, 0.15) is 412 Å². The molecular weight excluding hydrogens is 937 g/mol. The Morgan fingerprint density at radius 2 is 0.355 bits per heavy atom. The van der Waals surface area contributed by atoms with E-state index in [1.54, 1.807) is 0 Å². The monoisotopic (exact) mass is 1070 g/mol. The van der Waals surface area contributed by atoms with Gasteiger partial charge in [-0.1, -0.05) is 374 Å². The van der Waals surface area contributed by atoms with Gasteiger partial charge in [-0.05, 0) is 19.3 Å². The predicted molar refractivity (Wildman–Crippen MR) is 330 cm³/mol. The molecule has 0 aliphatic rings. The first-order valence-corrected chi connectivity index (χ1v) is 35.0. The SMILES string of the molecule is CCCCCCCCCCCCCCCCCCCCCCCCCCCCCCCCCCCCC(=O)OCC(COC(=O)CCCCCCCCCCCCC)OC(=O)CCCCCCCCCCCCCCC. The van der Waals surface area contributed by atoms with Crippen LogP contribution in [-0.2, 0) is 28.6 Å². The maximum atomic E-state index is 12.9. The number of carbonyl (C=O) groups excluding carboxylic acids is 3. The smallest absolute Gasteiger partial charge is 0.306 e. The maximum Gasteiger partial charge on any atom is 0.306 e. The highest BCUT2D eigenvalue weighted by molar-refractivity contribution is 5.71. The average Bonchev–Trinajstić information content (AvgIpc) is 3.42. The molecule has 0 amide bonds. The minimum absolute atomic E-state index is 0.0609. The van der Waals surface area contributed by atoms with Crippen molar-refractivity contribution in [3.8, 4) is 0 Å². The summed E-state index contributed by atoms with van der Waals surface area (Å²) < 4.78 is 16.9. The zero-order valence-corrected chi connectivity index (χ0v) is 52.1. The number of rotatable bonds is 66. The molecule has 0 radical (unpaired) electrons. The van der Waals surface area contributed by atoms with Gasteiger partial charge in [0, 0.05) is 19.3 Å². The minimum Gasteiger partial charge on any atom is -0.462 e. The first-order valence-electron chi connectivity index (χ1n) is 35.0. The number of ether oxygens (including phenoxy) is 3. The summed E-state index contributed by atoms with van der Waals surface area (Å²) in [6, 6.07) is 0. The van der Waals surface area contributed by atoms with Crippen molar-refractivity contribution in [3.63, 3.8) is 0 Å². The van der Waals surface area contributed by atoms with Crippen molar-refractivity contribution in [2.24, 2.45) is 0 Å². The second kappa shape index (κ2) is 65.9. The van der Waals surface area contributed by atoms with Crippen LogP contribution >= 0.6 is 0 Å². The average molecular weight is 1070 g/mol. The molecule has 0 saturated carbocycles. The number of carbonyl (C=O) groups is 3. The van der Waals surface area contributed by atoms with Crippen molar-refractivity contribution in [1.29, 1.82) is 0 Å². The summed E-state index contributed by atoms with van der Waals surface area (Å²) >= 11 is 0. The van der Waals surface area contributed by atoms with E-state index in [9.17, 15) is 14.4 Å². The lowest BCUT2D eigenvalue weighted by molar-refractivity contribution is -0.167. The fraction of sp³-hybridized carbons (Fsp3) is 0.957. The van der Waals surface area contributed by atoms with E-state index in [0.717, 1.165) is 57.8 Å². The van der Waals surface area contributed by atoms with Crippen molar-refractivity contribution in [3.05, 3.63) is 0 Å². The Morgan fingerprint density at radius 3 is 0.526 bits per heavy atom. The second-order valence-corrected chi connectivity index (χ2v) is 24.2. The molecule has 0 aromatic heterocycles. The molecular formula is C70H136O6. The highest BCUT2D eigenvalue weighted by Crippen LogP contribution is 2.19. The van der Waals surface area contributed by atoms with Gasteiger partial charge in [0.25, 0.3) is 0 Å². The quantitative estimate of drug-likeness (QED) is 0.0343. The number of hydrogen-bond acceptors (Lipinski definition) is 6. The van der Waals surface area contributed by atoms with Gasteiger partial charge in [-0.3, -0.25) is 14.4 Å². The van der Waals surface area contributed by atoms with Crippen molar-refractivity contribution >= 4 is 17.9 Å². The van der Waals surface area contributed by atoms with Gasteiger partial charge in [-0.2, -0.15) is 0 Å². The Bertz CT molecular complexity index is 1140. The van der Waals surface area contributed by atoms with Crippen LogP contribution in [0.15, 0.2) is 0 Å². The molecule has 0 aliphatic heterocycles. The van der Waals surface area contributed by atoms with Gasteiger partial charge < -0.3 is 14.2 Å². The summed E-state index contributed by atoms with van der Waals surface area (Å²) in [5.41, 5.74) is 0. The van der Waals surface area contributed by atoms with Crippen LogP contribution in [0.4, 0.5) is 0 Å². The van der Waals surface area contributed by atoms with Gasteiger partial charge in [0.1, 0.15) is 13.2 Å². The topological polar surface area (TPSA) is 78.9 Å². The van der Waals surface area contributed by atoms with Crippen molar-refractivity contribution < 1.29 is 28.6 Å². The summed E-state index contributed by atoms with van der Waals surface area (Å²) in [7, 11) is 0. The zero-order valence-electron chi connectivity index (χ0n) is 52.1. The molecule has 0 spiro atoms. The summed E-state index contributed by atoms with van der Waals surface area (Å²) in [6.45, 7) is 6.71. The van der Waals surface area contributed by atoms with Gasteiger partial charge in [0.2, 0.25) is 0 Å². The van der Waals surface area contributed by atoms with Gasteiger partial charge >= 0.3 is 17.9 Å². The number of esters is 3. The molecule has 0 N–H and O–H groups in total. The molecule has 6 heteroatoms. The van der Waals surface area contributed by atoms with Gasteiger partial charge in [-0.15, -0.1) is 0 Å². The van der Waals surface area contributed by atoms with E-state index in [2.05, 4.69) is 20.8 Å². The number of hydrogen-bond donors (Lipinski definition) is 0. The molecule has 0 aromatic rings. The van der Waals surface area contributed by atoms with Crippen LogP contribution in [0.2, 0.25) is 0 Å². The van der Waals surface area contributed by atoms with Crippen LogP contribution in [0.25, 0.3) is 0 Å². The molecule has 0 heterocycles. The van der Waals surface area contributed by atoms with Gasteiger partial charge in [0.15, 0.2) is 6.10 Å². The molecule has 1 unspecified atom stereocenters. The molecule has 0 saturated heterocycles. The lowest BCUT2D eigenvalue weighted by atomic mass is 10.0. The van der Waals surface area contributed by atoms with E-state index in [0.29, 0.717) is 19.3 Å². The highest BCUT2D eigenvalue weighted by Gasteiger charge is 2.19. The lowest BCUT2D eigenvalue weighted by Crippen LogP contribution is -2.30. The van der Waals surface area contributed by atoms with Gasteiger partial charge in [-0.25, -0.2) is 0 Å². The van der Waals surface area contributed by atoms with Crippen LogP contribution in [-0.4, -0.2) is 37.2 Å². The van der Waals surface area contributed by atoms with Crippen molar-refractivity contribution in [2.45, 2.75) is 419 Å². The molecule has 452 valence electrons. The lowest BCUT2D eigenvalue weighted by Gasteiger charge is -2.18. The largest absolute Gasteiger partial charge is 0.462 e. The Hall–Kier alpha value is -1.59. The Labute approximate surface area is 476 Å². The second-order valence-electron chi connectivity index (χ2n) is 24.2. The Morgan fingerprint density at radius 1 is 0.211 bits per heavy atom. The van der Waals surface area contributed by atoms with E-state index in [4.69, 9.17) is 14.2 Å². The predicted octanol–water partition coefficient (Wildman–Crippen LogP) is 23.8. The highest BCUT2D eigenvalue weighted by atomic mass is 16.6.